The highest BCUT2D eigenvalue weighted by Gasteiger charge is 2.28. The van der Waals surface area contributed by atoms with E-state index in [9.17, 15) is 9.59 Å². The van der Waals surface area contributed by atoms with Gasteiger partial charge < -0.3 is 9.80 Å². The van der Waals surface area contributed by atoms with Crippen LogP contribution in [0.25, 0.3) is 0 Å². The molecule has 1 saturated heterocycles. The first-order valence-corrected chi connectivity index (χ1v) is 8.62. The van der Waals surface area contributed by atoms with Crippen molar-refractivity contribution in [2.75, 3.05) is 25.0 Å². The fourth-order valence-corrected chi connectivity index (χ4v) is 3.29. The van der Waals surface area contributed by atoms with E-state index in [0.717, 1.165) is 30.6 Å². The number of nitrogens with zero attached hydrogens (tertiary/aromatic N) is 4. The van der Waals surface area contributed by atoms with E-state index in [1.807, 2.05) is 37.4 Å². The Morgan fingerprint density at radius 1 is 1.32 bits per heavy atom. The maximum atomic E-state index is 12.8. The fourth-order valence-electron chi connectivity index (χ4n) is 3.29. The first kappa shape index (κ1) is 17.2. The molecule has 1 aliphatic heterocycles. The van der Waals surface area contributed by atoms with E-state index >= 15 is 0 Å². The molecule has 132 valence electrons. The van der Waals surface area contributed by atoms with Crippen molar-refractivity contribution in [1.82, 2.24) is 14.7 Å². The number of piperidine rings is 1. The maximum Gasteiger partial charge on any atom is 0.268 e. The Hall–Kier alpha value is -2.63. The summed E-state index contributed by atoms with van der Waals surface area (Å²) in [6.45, 7) is 2.09. The van der Waals surface area contributed by atoms with Crippen molar-refractivity contribution in [3.8, 4) is 0 Å². The highest BCUT2D eigenvalue weighted by Crippen LogP contribution is 2.23. The molecule has 2 heterocycles. The van der Waals surface area contributed by atoms with Gasteiger partial charge in [0.2, 0.25) is 5.91 Å². The summed E-state index contributed by atoms with van der Waals surface area (Å²) in [4.78, 5) is 28.5. The normalized spacial score (nSPS) is 17.4. The van der Waals surface area contributed by atoms with Gasteiger partial charge in [0.15, 0.2) is 0 Å². The second-order valence-electron chi connectivity index (χ2n) is 6.64. The van der Waals surface area contributed by atoms with Gasteiger partial charge in [-0.1, -0.05) is 30.3 Å². The van der Waals surface area contributed by atoms with Gasteiger partial charge in [-0.05, 0) is 18.4 Å². The molecule has 0 bridgehead atoms. The monoisotopic (exact) mass is 340 g/mol. The van der Waals surface area contributed by atoms with E-state index in [0.29, 0.717) is 13.1 Å². The second kappa shape index (κ2) is 7.51. The van der Waals surface area contributed by atoms with Gasteiger partial charge >= 0.3 is 0 Å². The van der Waals surface area contributed by atoms with Crippen LogP contribution in [0, 0.1) is 5.92 Å². The molecule has 1 fully saturated rings. The Morgan fingerprint density at radius 3 is 2.80 bits per heavy atom. The molecule has 0 radical (unpaired) electrons. The number of aryl methyl sites for hydroxylation is 1. The van der Waals surface area contributed by atoms with Crippen LogP contribution >= 0.6 is 0 Å². The molecule has 2 aromatic rings. The van der Waals surface area contributed by atoms with Crippen molar-refractivity contribution in [3.63, 3.8) is 0 Å². The molecule has 25 heavy (non-hydrogen) atoms. The van der Waals surface area contributed by atoms with Gasteiger partial charge in [0.05, 0.1) is 17.8 Å². The summed E-state index contributed by atoms with van der Waals surface area (Å²) >= 11 is 0. The lowest BCUT2D eigenvalue weighted by molar-refractivity contribution is -0.135. The topological polar surface area (TPSA) is 58.4 Å². The van der Waals surface area contributed by atoms with Gasteiger partial charge in [0.1, 0.15) is 0 Å². The third kappa shape index (κ3) is 4.07. The summed E-state index contributed by atoms with van der Waals surface area (Å²) in [5, 5.41) is 4.08. The summed E-state index contributed by atoms with van der Waals surface area (Å²) in [5.41, 5.74) is 1.79. The Balaban J connectivity index is 1.66. The van der Waals surface area contributed by atoms with Gasteiger partial charge in [-0.3, -0.25) is 9.59 Å². The average molecular weight is 340 g/mol. The van der Waals surface area contributed by atoms with Gasteiger partial charge in [0, 0.05) is 39.8 Å². The number of aromatic nitrogens is 2. The average Bonchev–Trinajstić information content (AvgIpc) is 2.64. The number of amides is 1. The van der Waals surface area contributed by atoms with Gasteiger partial charge in [-0.25, -0.2) is 4.68 Å². The standard InChI is InChI=1S/C19H24N4O2/c1-21(13-15-7-4-3-5-8-15)19(25)16-9-6-10-23(14-16)17-11-18(24)22(2)20-12-17/h3-5,7-8,11-12,16H,6,9-10,13-14H2,1-2H3/t16-/m0/s1. The van der Waals surface area contributed by atoms with Gasteiger partial charge in [-0.15, -0.1) is 0 Å². The first-order chi connectivity index (χ1) is 12.0. The number of hydrogen-bond donors (Lipinski definition) is 0. The molecule has 6 heteroatoms. The maximum absolute atomic E-state index is 12.8. The lowest BCUT2D eigenvalue weighted by Crippen LogP contribution is -2.44. The number of anilines is 1. The molecule has 1 aliphatic rings. The zero-order chi connectivity index (χ0) is 17.8. The van der Waals surface area contributed by atoms with Gasteiger partial charge in [0.25, 0.3) is 5.56 Å². The predicted octanol–water partition coefficient (Wildman–Crippen LogP) is 1.66. The van der Waals surface area contributed by atoms with Crippen molar-refractivity contribution in [1.29, 1.82) is 0 Å². The largest absolute Gasteiger partial charge is 0.369 e. The van der Waals surface area contributed by atoms with E-state index in [2.05, 4.69) is 10.00 Å². The van der Waals surface area contributed by atoms with Gasteiger partial charge in [-0.2, -0.15) is 5.10 Å². The lowest BCUT2D eigenvalue weighted by atomic mass is 9.96. The zero-order valence-corrected chi connectivity index (χ0v) is 14.8. The number of rotatable bonds is 4. The summed E-state index contributed by atoms with van der Waals surface area (Å²) < 4.78 is 1.31. The van der Waals surface area contributed by atoms with Crippen LogP contribution in [0.1, 0.15) is 18.4 Å². The molecule has 1 aromatic carbocycles. The summed E-state index contributed by atoms with van der Waals surface area (Å²) in [6, 6.07) is 11.6. The van der Waals surface area contributed by atoms with Crippen molar-refractivity contribution >= 4 is 11.6 Å². The second-order valence-corrected chi connectivity index (χ2v) is 6.64. The Kier molecular flexibility index (Phi) is 5.16. The van der Waals surface area contributed by atoms with Crippen LogP contribution in [-0.4, -0.2) is 40.7 Å². The van der Waals surface area contributed by atoms with E-state index in [-0.39, 0.29) is 17.4 Å². The van der Waals surface area contributed by atoms with Crippen LogP contribution in [-0.2, 0) is 18.4 Å². The van der Waals surface area contributed by atoms with Crippen LogP contribution in [0.2, 0.25) is 0 Å². The molecule has 0 unspecified atom stereocenters. The van der Waals surface area contributed by atoms with Crippen LogP contribution in [0.4, 0.5) is 5.69 Å². The molecule has 0 spiro atoms. The highest BCUT2D eigenvalue weighted by atomic mass is 16.2. The SMILES string of the molecule is CN(Cc1ccccc1)C(=O)[C@H]1CCCN(c2cnn(C)c(=O)c2)C1. The zero-order valence-electron chi connectivity index (χ0n) is 14.8. The van der Waals surface area contributed by atoms with Crippen molar-refractivity contribution < 1.29 is 4.79 Å². The molecule has 3 rings (SSSR count). The third-order valence-corrected chi connectivity index (χ3v) is 4.73. The van der Waals surface area contributed by atoms with Crippen LogP contribution < -0.4 is 10.5 Å². The Morgan fingerprint density at radius 2 is 2.08 bits per heavy atom. The van der Waals surface area contributed by atoms with Crippen molar-refractivity contribution in [2.45, 2.75) is 19.4 Å². The summed E-state index contributed by atoms with van der Waals surface area (Å²) in [6.07, 6.45) is 3.51. The van der Waals surface area contributed by atoms with Crippen LogP contribution in [0.15, 0.2) is 47.4 Å². The smallest absolute Gasteiger partial charge is 0.268 e. The highest BCUT2D eigenvalue weighted by molar-refractivity contribution is 5.79. The number of carbonyl (C=O) groups excluding carboxylic acids is 1. The Bertz CT molecular complexity index is 788. The van der Waals surface area contributed by atoms with Crippen molar-refractivity contribution in [2.24, 2.45) is 13.0 Å². The van der Waals surface area contributed by atoms with E-state index in [1.165, 1.54) is 4.68 Å². The molecule has 0 aliphatic carbocycles. The molecule has 1 aromatic heterocycles. The van der Waals surface area contributed by atoms with E-state index in [1.54, 1.807) is 24.2 Å². The molecular weight excluding hydrogens is 316 g/mol. The molecular formula is C19H24N4O2. The summed E-state index contributed by atoms with van der Waals surface area (Å²) in [7, 11) is 3.49. The minimum absolute atomic E-state index is 0.0495. The number of benzene rings is 1. The minimum Gasteiger partial charge on any atom is -0.369 e. The molecule has 1 atom stereocenters. The predicted molar refractivity (Wildman–Crippen MR) is 97.3 cm³/mol. The number of carbonyl (C=O) groups is 1. The van der Waals surface area contributed by atoms with Crippen LogP contribution in [0.5, 0.6) is 0 Å². The quantitative estimate of drug-likeness (QED) is 0.849. The third-order valence-electron chi connectivity index (χ3n) is 4.73. The summed E-state index contributed by atoms with van der Waals surface area (Å²) in [5.74, 6) is 0.108. The molecule has 1 amide bonds. The fraction of sp³-hybridized carbons (Fsp3) is 0.421. The van der Waals surface area contributed by atoms with E-state index < -0.39 is 0 Å². The molecule has 0 saturated carbocycles. The number of hydrogen-bond acceptors (Lipinski definition) is 4. The van der Waals surface area contributed by atoms with Crippen LogP contribution in [0.3, 0.4) is 0 Å². The lowest BCUT2D eigenvalue weighted by Gasteiger charge is -2.35. The van der Waals surface area contributed by atoms with Crippen molar-refractivity contribution in [3.05, 3.63) is 58.5 Å². The minimum atomic E-state index is -0.132. The van der Waals surface area contributed by atoms with E-state index in [4.69, 9.17) is 0 Å². The molecule has 0 N–H and O–H groups in total. The Labute approximate surface area is 147 Å². The first-order valence-electron chi connectivity index (χ1n) is 8.62. The molecule has 6 nitrogen and oxygen atoms in total.